The minimum atomic E-state index is -0.408. The van der Waals surface area contributed by atoms with Crippen molar-refractivity contribution in [3.05, 3.63) is 100 Å². The second kappa shape index (κ2) is 9.89. The summed E-state index contributed by atoms with van der Waals surface area (Å²) in [5.74, 6) is 0.114. The molecule has 6 heteroatoms. The van der Waals surface area contributed by atoms with Crippen LogP contribution in [0, 0.1) is 0 Å². The van der Waals surface area contributed by atoms with Gasteiger partial charge in [-0.3, -0.25) is 4.79 Å². The molecule has 5 nitrogen and oxygen atoms in total. The van der Waals surface area contributed by atoms with Crippen molar-refractivity contribution in [2.45, 2.75) is 0 Å². The third kappa shape index (κ3) is 5.15. The Hall–Kier alpha value is -3.38. The molecule has 0 atom stereocenters. The van der Waals surface area contributed by atoms with Gasteiger partial charge in [0.05, 0.1) is 19.8 Å². The second-order valence-corrected chi connectivity index (χ2v) is 7.18. The van der Waals surface area contributed by atoms with Gasteiger partial charge in [0, 0.05) is 33.1 Å². The van der Waals surface area contributed by atoms with E-state index in [1.165, 1.54) is 7.11 Å². The van der Waals surface area contributed by atoms with Crippen LogP contribution in [0.5, 0.6) is 5.75 Å². The molecule has 0 radical (unpaired) electrons. The summed E-state index contributed by atoms with van der Waals surface area (Å²) in [6, 6.07) is 21.5. The average molecular weight is 466 g/mol. The summed E-state index contributed by atoms with van der Waals surface area (Å²) in [4.78, 5) is 24.6. The number of rotatable bonds is 7. The van der Waals surface area contributed by atoms with Gasteiger partial charge in [-0.05, 0) is 48.5 Å². The highest BCUT2D eigenvalue weighted by molar-refractivity contribution is 9.10. The number of hydrogen-bond donors (Lipinski definition) is 1. The minimum absolute atomic E-state index is 0.154. The first-order chi connectivity index (χ1) is 14.5. The second-order valence-electron chi connectivity index (χ2n) is 6.33. The fourth-order valence-corrected chi connectivity index (χ4v) is 3.30. The van der Waals surface area contributed by atoms with E-state index in [9.17, 15) is 9.59 Å². The van der Waals surface area contributed by atoms with E-state index >= 15 is 0 Å². The zero-order valence-corrected chi connectivity index (χ0v) is 18.1. The van der Waals surface area contributed by atoms with Crippen LogP contribution >= 0.6 is 15.9 Å². The Kier molecular flexibility index (Phi) is 7.03. The van der Waals surface area contributed by atoms with Crippen LogP contribution < -0.4 is 10.1 Å². The number of benzene rings is 3. The summed E-state index contributed by atoms with van der Waals surface area (Å²) in [5, 5.41) is 3.27. The quantitative estimate of drug-likeness (QED) is 0.280. The number of carbonyl (C=O) groups is 2. The SMILES string of the molecule is COC(=O)c1ccc(N/C(=C/C(=O)c2ccccc2Br)c2cccc(OC)c2)cc1. The van der Waals surface area contributed by atoms with Crippen LogP contribution in [0.2, 0.25) is 0 Å². The fraction of sp³-hybridized carbons (Fsp3) is 0.0833. The lowest BCUT2D eigenvalue weighted by Crippen LogP contribution is -2.05. The zero-order valence-electron chi connectivity index (χ0n) is 16.5. The highest BCUT2D eigenvalue weighted by Gasteiger charge is 2.12. The molecule has 0 spiro atoms. The van der Waals surface area contributed by atoms with Crippen molar-refractivity contribution < 1.29 is 19.1 Å². The summed E-state index contributed by atoms with van der Waals surface area (Å²) in [7, 11) is 2.93. The molecule has 0 aromatic heterocycles. The van der Waals surface area contributed by atoms with E-state index < -0.39 is 5.97 Å². The van der Waals surface area contributed by atoms with E-state index in [4.69, 9.17) is 9.47 Å². The molecule has 0 amide bonds. The molecule has 30 heavy (non-hydrogen) atoms. The summed E-state index contributed by atoms with van der Waals surface area (Å²) in [6.45, 7) is 0. The van der Waals surface area contributed by atoms with Crippen LogP contribution in [0.25, 0.3) is 5.70 Å². The highest BCUT2D eigenvalue weighted by atomic mass is 79.9. The van der Waals surface area contributed by atoms with Gasteiger partial charge in [0.15, 0.2) is 5.78 Å². The normalized spacial score (nSPS) is 11.0. The number of allylic oxidation sites excluding steroid dienone is 1. The molecular weight excluding hydrogens is 446 g/mol. The smallest absolute Gasteiger partial charge is 0.337 e. The molecule has 0 heterocycles. The van der Waals surface area contributed by atoms with Crippen molar-refractivity contribution in [3.8, 4) is 5.75 Å². The number of halogens is 1. The zero-order chi connectivity index (χ0) is 21.5. The third-order valence-corrected chi connectivity index (χ3v) is 5.07. The van der Waals surface area contributed by atoms with Gasteiger partial charge in [-0.25, -0.2) is 4.79 Å². The first-order valence-electron chi connectivity index (χ1n) is 9.12. The van der Waals surface area contributed by atoms with Gasteiger partial charge in [-0.15, -0.1) is 0 Å². The van der Waals surface area contributed by atoms with Crippen LogP contribution in [-0.2, 0) is 4.74 Å². The van der Waals surface area contributed by atoms with E-state index in [0.717, 1.165) is 15.7 Å². The Morgan fingerprint density at radius 1 is 0.900 bits per heavy atom. The van der Waals surface area contributed by atoms with Crippen LogP contribution in [-0.4, -0.2) is 26.0 Å². The summed E-state index contributed by atoms with van der Waals surface area (Å²) < 4.78 is 10.8. The molecule has 0 aliphatic carbocycles. The maximum absolute atomic E-state index is 12.9. The maximum atomic E-state index is 12.9. The maximum Gasteiger partial charge on any atom is 0.337 e. The van der Waals surface area contributed by atoms with Crippen LogP contribution in [0.1, 0.15) is 26.3 Å². The van der Waals surface area contributed by atoms with Crippen molar-refractivity contribution in [2.75, 3.05) is 19.5 Å². The number of anilines is 1. The number of esters is 1. The molecule has 3 aromatic rings. The van der Waals surface area contributed by atoms with Crippen molar-refractivity contribution in [3.63, 3.8) is 0 Å². The largest absolute Gasteiger partial charge is 0.497 e. The van der Waals surface area contributed by atoms with E-state index in [0.29, 0.717) is 22.6 Å². The summed E-state index contributed by atoms with van der Waals surface area (Å²) in [5.41, 5.74) is 3.10. The molecule has 3 aromatic carbocycles. The van der Waals surface area contributed by atoms with Gasteiger partial charge in [-0.2, -0.15) is 0 Å². The van der Waals surface area contributed by atoms with Gasteiger partial charge in [-0.1, -0.05) is 40.2 Å². The molecule has 0 fully saturated rings. The summed E-state index contributed by atoms with van der Waals surface area (Å²) >= 11 is 3.43. The first-order valence-corrected chi connectivity index (χ1v) is 9.91. The number of hydrogen-bond acceptors (Lipinski definition) is 5. The number of ketones is 1. The lowest BCUT2D eigenvalue weighted by atomic mass is 10.1. The topological polar surface area (TPSA) is 64.6 Å². The summed E-state index contributed by atoms with van der Waals surface area (Å²) in [6.07, 6.45) is 1.54. The molecule has 0 saturated heterocycles. The monoisotopic (exact) mass is 465 g/mol. The van der Waals surface area contributed by atoms with Gasteiger partial charge in [0.1, 0.15) is 5.75 Å². The van der Waals surface area contributed by atoms with E-state index in [1.807, 2.05) is 42.5 Å². The Morgan fingerprint density at radius 3 is 2.30 bits per heavy atom. The van der Waals surface area contributed by atoms with Crippen LogP contribution in [0.4, 0.5) is 5.69 Å². The first kappa shape index (κ1) is 21.3. The number of ether oxygens (including phenoxy) is 2. The highest BCUT2D eigenvalue weighted by Crippen LogP contribution is 2.25. The molecule has 1 N–H and O–H groups in total. The molecule has 0 saturated carbocycles. The minimum Gasteiger partial charge on any atom is -0.497 e. The lowest BCUT2D eigenvalue weighted by Gasteiger charge is -2.13. The van der Waals surface area contributed by atoms with Gasteiger partial charge in [0.2, 0.25) is 0 Å². The predicted octanol–water partition coefficient (Wildman–Crippen LogP) is 5.58. The predicted molar refractivity (Wildman–Crippen MR) is 121 cm³/mol. The molecule has 152 valence electrons. The standard InChI is InChI=1S/C24H20BrNO4/c1-29-19-7-5-6-17(14-19)22(15-23(27)20-8-3-4-9-21(20)25)26-18-12-10-16(11-13-18)24(28)30-2/h3-15,26H,1-2H3/b22-15+. The molecular formula is C24H20BrNO4. The van der Waals surface area contributed by atoms with Crippen molar-refractivity contribution in [2.24, 2.45) is 0 Å². The van der Waals surface area contributed by atoms with E-state index in [2.05, 4.69) is 21.2 Å². The fourth-order valence-electron chi connectivity index (χ4n) is 2.82. The molecule has 0 unspecified atom stereocenters. The van der Waals surface area contributed by atoms with Gasteiger partial charge in [0.25, 0.3) is 0 Å². The number of nitrogens with one attached hydrogen (secondary N) is 1. The number of methoxy groups -OCH3 is 2. The van der Waals surface area contributed by atoms with Crippen molar-refractivity contribution >= 4 is 39.1 Å². The number of carbonyl (C=O) groups excluding carboxylic acids is 2. The Morgan fingerprint density at radius 2 is 1.63 bits per heavy atom. The Bertz CT molecular complexity index is 1090. The lowest BCUT2D eigenvalue weighted by molar-refractivity contribution is 0.0600. The molecule has 3 rings (SSSR count). The average Bonchev–Trinajstić information content (AvgIpc) is 2.78. The third-order valence-electron chi connectivity index (χ3n) is 4.38. The van der Waals surface area contributed by atoms with Crippen LogP contribution in [0.3, 0.4) is 0 Å². The van der Waals surface area contributed by atoms with Gasteiger partial charge >= 0.3 is 5.97 Å². The Labute approximate surface area is 183 Å². The van der Waals surface area contributed by atoms with Gasteiger partial charge < -0.3 is 14.8 Å². The van der Waals surface area contributed by atoms with Crippen molar-refractivity contribution in [1.82, 2.24) is 0 Å². The molecule has 0 bridgehead atoms. The van der Waals surface area contributed by atoms with Crippen LogP contribution in [0.15, 0.2) is 83.3 Å². The molecule has 0 aliphatic rings. The van der Waals surface area contributed by atoms with Crippen molar-refractivity contribution in [1.29, 1.82) is 0 Å². The Balaban J connectivity index is 1.98. The molecule has 0 aliphatic heterocycles. The van der Waals surface area contributed by atoms with E-state index in [1.54, 1.807) is 43.5 Å². The van der Waals surface area contributed by atoms with E-state index in [-0.39, 0.29) is 5.78 Å².